The molecule has 1 aliphatic rings. The molecule has 0 saturated carbocycles. The first-order chi connectivity index (χ1) is 7.16. The predicted molar refractivity (Wildman–Crippen MR) is 55.4 cm³/mol. The Hall–Kier alpha value is -1.36. The van der Waals surface area contributed by atoms with Crippen LogP contribution in [0.1, 0.15) is 12.8 Å². The van der Waals surface area contributed by atoms with E-state index >= 15 is 0 Å². The molecule has 2 N–H and O–H groups in total. The first kappa shape index (κ1) is 11.7. The SMILES string of the molecule is C=CCNCC(=O)N1CCC[C@@H]1C(=O)O. The van der Waals surface area contributed by atoms with Crippen molar-refractivity contribution in [2.75, 3.05) is 19.6 Å². The van der Waals surface area contributed by atoms with Crippen molar-refractivity contribution in [3.63, 3.8) is 0 Å². The maximum absolute atomic E-state index is 11.6. The van der Waals surface area contributed by atoms with Gasteiger partial charge in [-0.25, -0.2) is 4.79 Å². The van der Waals surface area contributed by atoms with Gasteiger partial charge in [-0.2, -0.15) is 0 Å². The van der Waals surface area contributed by atoms with E-state index in [2.05, 4.69) is 11.9 Å². The lowest BCUT2D eigenvalue weighted by molar-refractivity contribution is -0.147. The Balaban J connectivity index is 2.43. The van der Waals surface area contributed by atoms with Crippen molar-refractivity contribution in [1.82, 2.24) is 10.2 Å². The molecule has 1 fully saturated rings. The minimum Gasteiger partial charge on any atom is -0.480 e. The first-order valence-electron chi connectivity index (χ1n) is 5.00. The lowest BCUT2D eigenvalue weighted by Gasteiger charge is -2.21. The third-order valence-electron chi connectivity index (χ3n) is 2.42. The summed E-state index contributed by atoms with van der Waals surface area (Å²) in [5.41, 5.74) is 0. The Kier molecular flexibility index (Phi) is 4.30. The summed E-state index contributed by atoms with van der Waals surface area (Å²) in [6, 6.07) is -0.636. The highest BCUT2D eigenvalue weighted by Crippen LogP contribution is 2.16. The average molecular weight is 212 g/mol. The molecule has 0 aromatic carbocycles. The lowest BCUT2D eigenvalue weighted by Crippen LogP contribution is -2.44. The summed E-state index contributed by atoms with van der Waals surface area (Å²) in [5.74, 6) is -1.06. The fraction of sp³-hybridized carbons (Fsp3) is 0.600. The topological polar surface area (TPSA) is 69.6 Å². The van der Waals surface area contributed by atoms with Crippen molar-refractivity contribution in [2.45, 2.75) is 18.9 Å². The van der Waals surface area contributed by atoms with Crippen LogP contribution in [0.25, 0.3) is 0 Å². The largest absolute Gasteiger partial charge is 0.480 e. The van der Waals surface area contributed by atoms with Gasteiger partial charge in [0, 0.05) is 13.1 Å². The van der Waals surface area contributed by atoms with E-state index in [4.69, 9.17) is 5.11 Å². The molecular weight excluding hydrogens is 196 g/mol. The van der Waals surface area contributed by atoms with E-state index in [0.29, 0.717) is 19.5 Å². The van der Waals surface area contributed by atoms with Crippen LogP contribution in [0.5, 0.6) is 0 Å². The second-order valence-corrected chi connectivity index (χ2v) is 3.50. The zero-order valence-electron chi connectivity index (χ0n) is 8.61. The van der Waals surface area contributed by atoms with Crippen molar-refractivity contribution in [3.8, 4) is 0 Å². The molecule has 0 aliphatic carbocycles. The zero-order chi connectivity index (χ0) is 11.3. The van der Waals surface area contributed by atoms with Gasteiger partial charge in [-0.15, -0.1) is 6.58 Å². The second-order valence-electron chi connectivity index (χ2n) is 3.50. The third-order valence-corrected chi connectivity index (χ3v) is 2.42. The standard InChI is InChI=1S/C10H16N2O3/c1-2-5-11-7-9(13)12-6-3-4-8(12)10(14)15/h2,8,11H,1,3-7H2,(H,14,15)/t8-/m1/s1. The number of carboxylic acids is 1. The van der Waals surface area contributed by atoms with Crippen molar-refractivity contribution in [2.24, 2.45) is 0 Å². The van der Waals surface area contributed by atoms with Crippen molar-refractivity contribution in [3.05, 3.63) is 12.7 Å². The Labute approximate surface area is 88.8 Å². The van der Waals surface area contributed by atoms with Crippen molar-refractivity contribution < 1.29 is 14.7 Å². The predicted octanol–water partition coefficient (Wildman–Crippen LogP) is -0.162. The molecule has 1 saturated heterocycles. The van der Waals surface area contributed by atoms with E-state index in [0.717, 1.165) is 6.42 Å². The van der Waals surface area contributed by atoms with Crippen LogP contribution >= 0.6 is 0 Å². The van der Waals surface area contributed by atoms with Crippen molar-refractivity contribution >= 4 is 11.9 Å². The van der Waals surface area contributed by atoms with E-state index < -0.39 is 12.0 Å². The first-order valence-corrected chi connectivity index (χ1v) is 5.00. The van der Waals surface area contributed by atoms with E-state index in [1.54, 1.807) is 6.08 Å². The Morgan fingerprint density at radius 2 is 2.33 bits per heavy atom. The number of rotatable bonds is 5. The summed E-state index contributed by atoms with van der Waals surface area (Å²) < 4.78 is 0. The van der Waals surface area contributed by atoms with Gasteiger partial charge in [0.05, 0.1) is 6.54 Å². The van der Waals surface area contributed by atoms with E-state index in [1.807, 2.05) is 0 Å². The van der Waals surface area contributed by atoms with Gasteiger partial charge in [-0.1, -0.05) is 6.08 Å². The molecule has 1 heterocycles. The number of amides is 1. The summed E-state index contributed by atoms with van der Waals surface area (Å²) in [4.78, 5) is 23.8. The molecule has 1 amide bonds. The molecule has 0 bridgehead atoms. The fourth-order valence-electron chi connectivity index (χ4n) is 1.70. The van der Waals surface area contributed by atoms with Crippen LogP contribution in [-0.4, -0.2) is 47.6 Å². The molecule has 0 aromatic rings. The number of carbonyl (C=O) groups excluding carboxylic acids is 1. The number of hydrogen-bond donors (Lipinski definition) is 2. The maximum atomic E-state index is 11.6. The number of carbonyl (C=O) groups is 2. The summed E-state index contributed by atoms with van der Waals surface area (Å²) in [6.07, 6.45) is 2.98. The number of nitrogens with zero attached hydrogens (tertiary/aromatic N) is 1. The Morgan fingerprint density at radius 1 is 1.60 bits per heavy atom. The van der Waals surface area contributed by atoms with Crippen LogP contribution in [0.3, 0.4) is 0 Å². The second kappa shape index (κ2) is 5.50. The van der Waals surface area contributed by atoms with E-state index in [-0.39, 0.29) is 12.5 Å². The normalized spacial score (nSPS) is 20.3. The highest BCUT2D eigenvalue weighted by molar-refractivity contribution is 5.85. The van der Waals surface area contributed by atoms with Crippen LogP contribution < -0.4 is 5.32 Å². The van der Waals surface area contributed by atoms with Gasteiger partial charge in [0.2, 0.25) is 5.91 Å². The number of aliphatic carboxylic acids is 1. The molecule has 0 unspecified atom stereocenters. The van der Waals surface area contributed by atoms with Gasteiger partial charge in [0.15, 0.2) is 0 Å². The highest BCUT2D eigenvalue weighted by atomic mass is 16.4. The molecule has 84 valence electrons. The smallest absolute Gasteiger partial charge is 0.326 e. The van der Waals surface area contributed by atoms with E-state index in [1.165, 1.54) is 4.90 Å². The van der Waals surface area contributed by atoms with Gasteiger partial charge in [0.25, 0.3) is 0 Å². The van der Waals surface area contributed by atoms with Crippen LogP contribution in [0.15, 0.2) is 12.7 Å². The molecule has 5 nitrogen and oxygen atoms in total. The molecule has 0 spiro atoms. The molecule has 1 rings (SSSR count). The molecule has 5 heteroatoms. The van der Waals surface area contributed by atoms with Gasteiger partial charge >= 0.3 is 5.97 Å². The molecule has 0 aromatic heterocycles. The lowest BCUT2D eigenvalue weighted by atomic mass is 10.2. The Bertz CT molecular complexity index is 265. The fourth-order valence-corrected chi connectivity index (χ4v) is 1.70. The number of carboxylic acid groups (broad SMARTS) is 1. The quantitative estimate of drug-likeness (QED) is 0.490. The molecular formula is C10H16N2O3. The van der Waals surface area contributed by atoms with Gasteiger partial charge in [-0.3, -0.25) is 4.79 Å². The van der Waals surface area contributed by atoms with E-state index in [9.17, 15) is 9.59 Å². The molecule has 1 aliphatic heterocycles. The minimum atomic E-state index is -0.912. The molecule has 1 atom stereocenters. The average Bonchev–Trinajstić information content (AvgIpc) is 2.66. The monoisotopic (exact) mass is 212 g/mol. The van der Waals surface area contributed by atoms with Gasteiger partial charge < -0.3 is 15.3 Å². The number of nitrogens with one attached hydrogen (secondary N) is 1. The van der Waals surface area contributed by atoms with Crippen molar-refractivity contribution in [1.29, 1.82) is 0 Å². The number of hydrogen-bond acceptors (Lipinski definition) is 3. The maximum Gasteiger partial charge on any atom is 0.326 e. The van der Waals surface area contributed by atoms with Crippen LogP contribution in [0, 0.1) is 0 Å². The molecule has 0 radical (unpaired) electrons. The van der Waals surface area contributed by atoms with Crippen LogP contribution in [0.2, 0.25) is 0 Å². The summed E-state index contributed by atoms with van der Waals surface area (Å²) in [5, 5.41) is 11.7. The van der Waals surface area contributed by atoms with Gasteiger partial charge in [-0.05, 0) is 12.8 Å². The summed E-state index contributed by atoms with van der Waals surface area (Å²) in [6.45, 7) is 4.79. The Morgan fingerprint density at radius 3 is 2.93 bits per heavy atom. The number of likely N-dealkylation sites (tertiary alicyclic amines) is 1. The third kappa shape index (κ3) is 3.06. The van der Waals surface area contributed by atoms with Gasteiger partial charge in [0.1, 0.15) is 6.04 Å². The highest BCUT2D eigenvalue weighted by Gasteiger charge is 2.33. The zero-order valence-corrected chi connectivity index (χ0v) is 8.61. The van der Waals surface area contributed by atoms with Crippen LogP contribution in [-0.2, 0) is 9.59 Å². The summed E-state index contributed by atoms with van der Waals surface area (Å²) >= 11 is 0. The summed E-state index contributed by atoms with van der Waals surface area (Å²) in [7, 11) is 0. The van der Waals surface area contributed by atoms with Crippen LogP contribution in [0.4, 0.5) is 0 Å². The molecule has 15 heavy (non-hydrogen) atoms. The minimum absolute atomic E-state index is 0.151.